The third-order valence-electron chi connectivity index (χ3n) is 3.88. The summed E-state index contributed by atoms with van der Waals surface area (Å²) < 4.78 is 7.05. The highest BCUT2D eigenvalue weighted by Gasteiger charge is 2.20. The largest absolute Gasteiger partial charge is 0.376 e. The van der Waals surface area contributed by atoms with Crippen molar-refractivity contribution >= 4 is 5.91 Å². The monoisotopic (exact) mass is 293 g/mol. The molecule has 0 bridgehead atoms. The van der Waals surface area contributed by atoms with Gasteiger partial charge in [0.05, 0.1) is 18.0 Å². The lowest BCUT2D eigenvalue weighted by Gasteiger charge is -2.10. The quantitative estimate of drug-likeness (QED) is 0.709. The van der Waals surface area contributed by atoms with Gasteiger partial charge in [-0.15, -0.1) is 5.10 Å². The van der Waals surface area contributed by atoms with E-state index in [4.69, 9.17) is 4.74 Å². The highest BCUT2D eigenvalue weighted by molar-refractivity contribution is 5.75. The molecular formula is C14H23N5O2. The number of hydrogen-bond acceptors (Lipinski definition) is 5. The number of carbonyl (C=O) groups is 1. The number of hydrogen-bond donors (Lipinski definition) is 2. The molecule has 1 aromatic heterocycles. The van der Waals surface area contributed by atoms with Crippen LogP contribution in [0, 0.1) is 5.92 Å². The molecule has 1 saturated carbocycles. The van der Waals surface area contributed by atoms with E-state index in [-0.39, 0.29) is 18.6 Å². The van der Waals surface area contributed by atoms with Crippen LogP contribution < -0.4 is 10.6 Å². The van der Waals surface area contributed by atoms with Gasteiger partial charge in [0.1, 0.15) is 6.54 Å². The van der Waals surface area contributed by atoms with Gasteiger partial charge in [-0.2, -0.15) is 0 Å². The Hall–Kier alpha value is -1.47. The maximum atomic E-state index is 11.8. The molecule has 2 aliphatic rings. The van der Waals surface area contributed by atoms with E-state index in [1.54, 1.807) is 4.68 Å². The van der Waals surface area contributed by atoms with Gasteiger partial charge in [0.25, 0.3) is 0 Å². The average Bonchev–Trinajstić information content (AvgIpc) is 2.97. The van der Waals surface area contributed by atoms with Crippen LogP contribution in [0.4, 0.5) is 0 Å². The Morgan fingerprint density at radius 3 is 3.05 bits per heavy atom. The van der Waals surface area contributed by atoms with Crippen molar-refractivity contribution in [2.24, 2.45) is 5.92 Å². The van der Waals surface area contributed by atoms with Crippen LogP contribution in [0.15, 0.2) is 6.20 Å². The van der Waals surface area contributed by atoms with E-state index in [0.717, 1.165) is 37.6 Å². The first-order valence-electron chi connectivity index (χ1n) is 7.77. The van der Waals surface area contributed by atoms with Crippen LogP contribution in [0.1, 0.15) is 31.4 Å². The van der Waals surface area contributed by atoms with Gasteiger partial charge in [0.15, 0.2) is 0 Å². The second-order valence-electron chi connectivity index (χ2n) is 5.92. The third-order valence-corrected chi connectivity index (χ3v) is 3.88. The van der Waals surface area contributed by atoms with Crippen LogP contribution in [-0.4, -0.2) is 46.7 Å². The third kappa shape index (κ3) is 4.78. The Balaban J connectivity index is 1.35. The Morgan fingerprint density at radius 2 is 2.29 bits per heavy atom. The van der Waals surface area contributed by atoms with Crippen molar-refractivity contribution in [2.45, 2.75) is 44.9 Å². The molecule has 2 N–H and O–H groups in total. The smallest absolute Gasteiger partial charge is 0.241 e. The minimum atomic E-state index is -0.0483. The molecule has 3 rings (SSSR count). The fourth-order valence-corrected chi connectivity index (χ4v) is 2.46. The molecule has 7 nitrogen and oxygen atoms in total. The van der Waals surface area contributed by atoms with Crippen LogP contribution in [-0.2, 0) is 22.6 Å². The Bertz CT molecular complexity index is 466. The van der Waals surface area contributed by atoms with Crippen LogP contribution in [0.3, 0.4) is 0 Å². The number of nitrogens with zero attached hydrogens (tertiary/aromatic N) is 3. The molecule has 1 unspecified atom stereocenters. The summed E-state index contributed by atoms with van der Waals surface area (Å²) in [5, 5.41) is 14.3. The maximum Gasteiger partial charge on any atom is 0.241 e. The van der Waals surface area contributed by atoms with Crippen molar-refractivity contribution < 1.29 is 9.53 Å². The van der Waals surface area contributed by atoms with Gasteiger partial charge >= 0.3 is 0 Å². The zero-order valence-corrected chi connectivity index (χ0v) is 12.3. The molecule has 2 heterocycles. The summed E-state index contributed by atoms with van der Waals surface area (Å²) >= 11 is 0. The number of rotatable bonds is 8. The lowest BCUT2D eigenvalue weighted by Crippen LogP contribution is -2.34. The topological polar surface area (TPSA) is 81.1 Å². The predicted octanol–water partition coefficient (Wildman–Crippen LogP) is 0.0729. The Kier molecular flexibility index (Phi) is 4.82. The summed E-state index contributed by atoms with van der Waals surface area (Å²) in [4.78, 5) is 11.8. The summed E-state index contributed by atoms with van der Waals surface area (Å²) in [6.07, 6.45) is 6.79. The zero-order valence-electron chi connectivity index (χ0n) is 12.3. The molecule has 1 aromatic rings. The molecular weight excluding hydrogens is 270 g/mol. The molecule has 0 aromatic carbocycles. The van der Waals surface area contributed by atoms with Crippen LogP contribution in [0.2, 0.25) is 0 Å². The van der Waals surface area contributed by atoms with E-state index < -0.39 is 0 Å². The van der Waals surface area contributed by atoms with Crippen molar-refractivity contribution in [1.29, 1.82) is 0 Å². The SMILES string of the molecule is O=C(Cn1cc(CNCC2CC2)nn1)NCC1CCCO1. The number of aromatic nitrogens is 3. The molecule has 21 heavy (non-hydrogen) atoms. The summed E-state index contributed by atoms with van der Waals surface area (Å²) in [5.74, 6) is 0.802. The standard InChI is InChI=1S/C14H23N5O2/c20-14(16-8-13-2-1-5-21-13)10-19-9-12(17-18-19)7-15-6-11-3-4-11/h9,11,13,15H,1-8,10H2,(H,16,20). The first kappa shape index (κ1) is 14.5. The normalized spacial score (nSPS) is 21.6. The maximum absolute atomic E-state index is 11.8. The van der Waals surface area contributed by atoms with Crippen LogP contribution in [0.25, 0.3) is 0 Å². The van der Waals surface area contributed by atoms with E-state index >= 15 is 0 Å². The predicted molar refractivity (Wildman–Crippen MR) is 76.4 cm³/mol. The van der Waals surface area contributed by atoms with Gasteiger partial charge in [-0.05, 0) is 38.1 Å². The molecule has 1 saturated heterocycles. The number of amides is 1. The van der Waals surface area contributed by atoms with Gasteiger partial charge in [-0.3, -0.25) is 4.79 Å². The van der Waals surface area contributed by atoms with Crippen molar-refractivity contribution in [3.8, 4) is 0 Å². The second kappa shape index (κ2) is 7.00. The summed E-state index contributed by atoms with van der Waals surface area (Å²) in [6, 6.07) is 0. The number of nitrogens with one attached hydrogen (secondary N) is 2. The van der Waals surface area contributed by atoms with E-state index in [9.17, 15) is 4.79 Å². The van der Waals surface area contributed by atoms with E-state index in [1.165, 1.54) is 12.8 Å². The van der Waals surface area contributed by atoms with E-state index in [2.05, 4.69) is 20.9 Å². The fourth-order valence-electron chi connectivity index (χ4n) is 2.46. The average molecular weight is 293 g/mol. The van der Waals surface area contributed by atoms with Crippen molar-refractivity contribution in [3.63, 3.8) is 0 Å². The van der Waals surface area contributed by atoms with Crippen molar-refractivity contribution in [2.75, 3.05) is 19.7 Å². The molecule has 7 heteroatoms. The van der Waals surface area contributed by atoms with Gasteiger partial charge in [-0.1, -0.05) is 5.21 Å². The second-order valence-corrected chi connectivity index (χ2v) is 5.92. The fraction of sp³-hybridized carbons (Fsp3) is 0.786. The van der Waals surface area contributed by atoms with Gasteiger partial charge in [-0.25, -0.2) is 4.68 Å². The Morgan fingerprint density at radius 1 is 1.38 bits per heavy atom. The van der Waals surface area contributed by atoms with Gasteiger partial charge in [0.2, 0.25) is 5.91 Å². The zero-order chi connectivity index (χ0) is 14.5. The highest BCUT2D eigenvalue weighted by Crippen LogP contribution is 2.27. The van der Waals surface area contributed by atoms with Gasteiger partial charge < -0.3 is 15.4 Å². The Labute approximate surface area is 124 Å². The number of ether oxygens (including phenoxy) is 1. The molecule has 0 radical (unpaired) electrons. The van der Waals surface area contributed by atoms with Gasteiger partial charge in [0, 0.05) is 19.7 Å². The minimum Gasteiger partial charge on any atom is -0.376 e. The van der Waals surface area contributed by atoms with Crippen LogP contribution in [0.5, 0.6) is 0 Å². The summed E-state index contributed by atoms with van der Waals surface area (Å²) in [5.41, 5.74) is 0.877. The lowest BCUT2D eigenvalue weighted by atomic mass is 10.2. The van der Waals surface area contributed by atoms with Crippen LogP contribution >= 0.6 is 0 Å². The molecule has 1 aliphatic heterocycles. The highest BCUT2D eigenvalue weighted by atomic mass is 16.5. The molecule has 116 valence electrons. The molecule has 1 atom stereocenters. The lowest BCUT2D eigenvalue weighted by molar-refractivity contribution is -0.122. The minimum absolute atomic E-state index is 0.0483. The van der Waals surface area contributed by atoms with Crippen molar-refractivity contribution in [1.82, 2.24) is 25.6 Å². The molecule has 1 amide bonds. The first-order valence-corrected chi connectivity index (χ1v) is 7.77. The summed E-state index contributed by atoms with van der Waals surface area (Å²) in [6.45, 7) is 3.37. The van der Waals surface area contributed by atoms with Crippen molar-refractivity contribution in [3.05, 3.63) is 11.9 Å². The molecule has 2 fully saturated rings. The molecule has 1 aliphatic carbocycles. The first-order chi connectivity index (χ1) is 10.3. The van der Waals surface area contributed by atoms with E-state index in [0.29, 0.717) is 13.1 Å². The summed E-state index contributed by atoms with van der Waals surface area (Å²) in [7, 11) is 0. The number of carbonyl (C=O) groups excluding carboxylic acids is 1. The van der Waals surface area contributed by atoms with E-state index in [1.807, 2.05) is 6.20 Å². The molecule has 0 spiro atoms.